The summed E-state index contributed by atoms with van der Waals surface area (Å²) < 4.78 is 13.5. The number of aryl methyl sites for hydroxylation is 1. The van der Waals surface area contributed by atoms with Crippen LogP contribution in [-0.4, -0.2) is 34.0 Å². The van der Waals surface area contributed by atoms with Crippen LogP contribution < -0.4 is 9.47 Å². The van der Waals surface area contributed by atoms with Crippen molar-refractivity contribution in [2.45, 2.75) is 52.2 Å². The van der Waals surface area contributed by atoms with E-state index < -0.39 is 6.10 Å². The number of nitrogens with zero attached hydrogens (tertiary/aromatic N) is 2. The Kier molecular flexibility index (Phi) is 7.31. The van der Waals surface area contributed by atoms with Crippen molar-refractivity contribution in [1.82, 2.24) is 9.55 Å². The molecule has 28 heavy (non-hydrogen) atoms. The monoisotopic (exact) mass is 382 g/mol. The van der Waals surface area contributed by atoms with Crippen molar-refractivity contribution in [3.8, 4) is 11.5 Å². The van der Waals surface area contributed by atoms with E-state index in [2.05, 4.69) is 11.9 Å². The Hall–Kier alpha value is -2.53. The Morgan fingerprint density at radius 2 is 1.68 bits per heavy atom. The normalized spacial score (nSPS) is 12.2. The number of aliphatic hydroxyl groups excluding tert-OH is 1. The van der Waals surface area contributed by atoms with Crippen molar-refractivity contribution < 1.29 is 14.6 Å². The molecule has 5 heteroatoms. The van der Waals surface area contributed by atoms with Crippen LogP contribution in [0.15, 0.2) is 48.5 Å². The fraction of sp³-hybridized carbons (Fsp3) is 0.435. The zero-order chi connectivity index (χ0) is 19.8. The number of fused-ring (bicyclic) bond motifs is 1. The van der Waals surface area contributed by atoms with E-state index in [0.717, 1.165) is 41.4 Å². The summed E-state index contributed by atoms with van der Waals surface area (Å²) in [6.45, 7) is 5.58. The molecule has 0 saturated heterocycles. The summed E-state index contributed by atoms with van der Waals surface area (Å²) in [5.41, 5.74) is 1.97. The first-order valence-electron chi connectivity index (χ1n) is 10.1. The summed E-state index contributed by atoms with van der Waals surface area (Å²) >= 11 is 0. The summed E-state index contributed by atoms with van der Waals surface area (Å²) in [4.78, 5) is 4.53. The number of unbranched alkanes of at least 4 members (excludes halogenated alkanes) is 3. The Labute approximate surface area is 166 Å². The second-order valence-electron chi connectivity index (χ2n) is 7.10. The number of hydrogen-bond donors (Lipinski definition) is 1. The van der Waals surface area contributed by atoms with Crippen LogP contribution in [0.5, 0.6) is 11.5 Å². The smallest absolute Gasteiger partial charge is 0.119 e. The Balaban J connectivity index is 1.46. The van der Waals surface area contributed by atoms with Gasteiger partial charge in [0.05, 0.1) is 24.2 Å². The van der Waals surface area contributed by atoms with Gasteiger partial charge in [-0.15, -0.1) is 0 Å². The molecule has 1 atom stereocenters. The van der Waals surface area contributed by atoms with Gasteiger partial charge in [0.25, 0.3) is 0 Å². The summed E-state index contributed by atoms with van der Waals surface area (Å²) in [6.07, 6.45) is 4.16. The maximum Gasteiger partial charge on any atom is 0.119 e. The van der Waals surface area contributed by atoms with Crippen molar-refractivity contribution >= 4 is 11.0 Å². The average molecular weight is 383 g/mol. The molecular weight excluding hydrogens is 352 g/mol. The van der Waals surface area contributed by atoms with Gasteiger partial charge in [0.2, 0.25) is 0 Å². The number of benzene rings is 2. The summed E-state index contributed by atoms with van der Waals surface area (Å²) in [5.74, 6) is 2.47. The van der Waals surface area contributed by atoms with E-state index >= 15 is 0 Å². The van der Waals surface area contributed by atoms with Crippen LogP contribution >= 0.6 is 0 Å². The molecule has 2 aromatic carbocycles. The minimum Gasteiger partial charge on any atom is -0.494 e. The first kappa shape index (κ1) is 20.2. The molecule has 1 N–H and O–H groups in total. The van der Waals surface area contributed by atoms with E-state index in [-0.39, 0.29) is 6.61 Å². The zero-order valence-electron chi connectivity index (χ0n) is 16.8. The summed E-state index contributed by atoms with van der Waals surface area (Å²) in [5, 5.41) is 10.4. The molecule has 3 rings (SSSR count). The molecule has 0 aliphatic rings. The van der Waals surface area contributed by atoms with Gasteiger partial charge in [-0.25, -0.2) is 4.98 Å². The van der Waals surface area contributed by atoms with E-state index in [1.807, 2.05) is 60.0 Å². The molecule has 0 amide bonds. The zero-order valence-corrected chi connectivity index (χ0v) is 16.8. The highest BCUT2D eigenvalue weighted by Crippen LogP contribution is 2.19. The topological polar surface area (TPSA) is 56.5 Å². The third-order valence-electron chi connectivity index (χ3n) is 4.77. The second-order valence-corrected chi connectivity index (χ2v) is 7.10. The van der Waals surface area contributed by atoms with E-state index in [1.165, 1.54) is 19.3 Å². The van der Waals surface area contributed by atoms with Gasteiger partial charge in [-0.2, -0.15) is 0 Å². The van der Waals surface area contributed by atoms with Crippen molar-refractivity contribution in [3.05, 3.63) is 54.4 Å². The largest absolute Gasteiger partial charge is 0.494 e. The SMILES string of the molecule is CCCCCCOc1ccc(OC[C@H](O)Cn2c(C)nc3ccccc32)cc1. The van der Waals surface area contributed by atoms with Gasteiger partial charge in [-0.3, -0.25) is 0 Å². The minimum absolute atomic E-state index is 0.225. The number of aliphatic hydroxyl groups is 1. The number of para-hydroxylation sites is 2. The number of imidazole rings is 1. The van der Waals surface area contributed by atoms with Gasteiger partial charge >= 0.3 is 0 Å². The molecule has 3 aromatic rings. The molecule has 1 aromatic heterocycles. The van der Waals surface area contributed by atoms with Gasteiger partial charge in [0.15, 0.2) is 0 Å². The van der Waals surface area contributed by atoms with E-state index in [4.69, 9.17) is 9.47 Å². The molecule has 0 bridgehead atoms. The highest BCUT2D eigenvalue weighted by Gasteiger charge is 2.12. The molecule has 0 radical (unpaired) electrons. The van der Waals surface area contributed by atoms with Gasteiger partial charge in [0, 0.05) is 0 Å². The lowest BCUT2D eigenvalue weighted by atomic mass is 10.2. The van der Waals surface area contributed by atoms with Crippen molar-refractivity contribution in [2.75, 3.05) is 13.2 Å². The van der Waals surface area contributed by atoms with Crippen LogP contribution in [0.1, 0.15) is 38.4 Å². The maximum atomic E-state index is 10.4. The summed E-state index contributed by atoms with van der Waals surface area (Å²) in [7, 11) is 0. The molecule has 0 unspecified atom stereocenters. The molecule has 0 spiro atoms. The number of rotatable bonds is 11. The van der Waals surface area contributed by atoms with E-state index in [9.17, 15) is 5.11 Å². The number of hydrogen-bond acceptors (Lipinski definition) is 4. The van der Waals surface area contributed by atoms with Crippen molar-refractivity contribution in [3.63, 3.8) is 0 Å². The fourth-order valence-electron chi connectivity index (χ4n) is 3.23. The molecule has 5 nitrogen and oxygen atoms in total. The van der Waals surface area contributed by atoms with Crippen molar-refractivity contribution in [1.29, 1.82) is 0 Å². The standard InChI is InChI=1S/C23H30N2O3/c1-3-4-5-8-15-27-20-11-13-21(14-12-20)28-17-19(26)16-25-18(2)24-22-9-6-7-10-23(22)25/h6-7,9-14,19,26H,3-5,8,15-17H2,1-2H3/t19-/m1/s1. The molecule has 1 heterocycles. The maximum absolute atomic E-state index is 10.4. The molecular formula is C23H30N2O3. The second kappa shape index (κ2) is 10.1. The predicted octanol–water partition coefficient (Wildman–Crippen LogP) is 4.74. The lowest BCUT2D eigenvalue weighted by molar-refractivity contribution is 0.0929. The highest BCUT2D eigenvalue weighted by atomic mass is 16.5. The minimum atomic E-state index is -0.620. The van der Waals surface area contributed by atoms with Crippen LogP contribution in [0.2, 0.25) is 0 Å². The van der Waals surface area contributed by atoms with Crippen LogP contribution in [0, 0.1) is 6.92 Å². The number of aromatic nitrogens is 2. The van der Waals surface area contributed by atoms with Crippen LogP contribution in [0.4, 0.5) is 0 Å². The average Bonchev–Trinajstić information content (AvgIpc) is 3.02. The summed E-state index contributed by atoms with van der Waals surface area (Å²) in [6, 6.07) is 15.5. The van der Waals surface area contributed by atoms with Crippen LogP contribution in [-0.2, 0) is 6.54 Å². The van der Waals surface area contributed by atoms with Gasteiger partial charge in [0.1, 0.15) is 30.0 Å². The van der Waals surface area contributed by atoms with E-state index in [1.54, 1.807) is 0 Å². The van der Waals surface area contributed by atoms with Crippen molar-refractivity contribution in [2.24, 2.45) is 0 Å². The Morgan fingerprint density at radius 3 is 2.43 bits per heavy atom. The first-order valence-corrected chi connectivity index (χ1v) is 10.1. The molecule has 0 fully saturated rings. The fourth-order valence-corrected chi connectivity index (χ4v) is 3.23. The highest BCUT2D eigenvalue weighted by molar-refractivity contribution is 5.75. The molecule has 0 aliphatic carbocycles. The molecule has 0 aliphatic heterocycles. The van der Waals surface area contributed by atoms with Gasteiger partial charge in [-0.05, 0) is 49.7 Å². The molecule has 0 saturated carbocycles. The van der Waals surface area contributed by atoms with E-state index in [0.29, 0.717) is 6.54 Å². The third kappa shape index (κ3) is 5.49. The Bertz CT molecular complexity index is 858. The first-order chi connectivity index (χ1) is 13.7. The quantitative estimate of drug-likeness (QED) is 0.487. The lowest BCUT2D eigenvalue weighted by Gasteiger charge is -2.15. The third-order valence-corrected chi connectivity index (χ3v) is 4.77. The van der Waals surface area contributed by atoms with Gasteiger partial charge in [-0.1, -0.05) is 38.3 Å². The predicted molar refractivity (Wildman–Crippen MR) is 112 cm³/mol. The van der Waals surface area contributed by atoms with Crippen LogP contribution in [0.3, 0.4) is 0 Å². The van der Waals surface area contributed by atoms with Crippen LogP contribution in [0.25, 0.3) is 11.0 Å². The molecule has 150 valence electrons. The lowest BCUT2D eigenvalue weighted by Crippen LogP contribution is -2.24. The Morgan fingerprint density at radius 1 is 0.964 bits per heavy atom. The number of ether oxygens (including phenoxy) is 2. The van der Waals surface area contributed by atoms with Gasteiger partial charge < -0.3 is 19.1 Å².